The number of amides is 1. The van der Waals surface area contributed by atoms with Crippen molar-refractivity contribution in [3.8, 4) is 0 Å². The first-order valence-electron chi connectivity index (χ1n) is 8.45. The number of aryl methyl sites for hydroxylation is 1. The van der Waals surface area contributed by atoms with Gasteiger partial charge in [-0.15, -0.1) is 0 Å². The van der Waals surface area contributed by atoms with Gasteiger partial charge in [0.1, 0.15) is 5.84 Å². The summed E-state index contributed by atoms with van der Waals surface area (Å²) < 4.78 is 0. The largest absolute Gasteiger partial charge is 0.345 e. The maximum Gasteiger partial charge on any atom is 0.258 e. The van der Waals surface area contributed by atoms with Gasteiger partial charge in [0.25, 0.3) is 5.91 Å². The minimum absolute atomic E-state index is 0.213. The van der Waals surface area contributed by atoms with Crippen LogP contribution >= 0.6 is 0 Å². The Morgan fingerprint density at radius 1 is 1.23 bits per heavy atom. The zero-order valence-electron chi connectivity index (χ0n) is 14.2. The Balaban J connectivity index is 1.50. The molecular weight excluding hydrogens is 328 g/mol. The second-order valence-electron chi connectivity index (χ2n) is 6.40. The Kier molecular flexibility index (Phi) is 3.15. The van der Waals surface area contributed by atoms with Crippen molar-refractivity contribution in [1.82, 2.24) is 20.2 Å². The minimum atomic E-state index is -0.213. The Labute approximate surface area is 149 Å². The molecule has 1 aromatic heterocycles. The summed E-state index contributed by atoms with van der Waals surface area (Å²) in [6, 6.07) is 11.4. The number of rotatable bonds is 1. The predicted octanol–water partition coefficient (Wildman–Crippen LogP) is 2.36. The Morgan fingerprint density at radius 2 is 2.15 bits per heavy atom. The molecule has 1 amide bonds. The third-order valence-corrected chi connectivity index (χ3v) is 4.62. The standard InChI is InChI=1S/C19H16N6O/c1-11-2-4-14-13(8-11)17-20-6-7-25(17)19(23-14)24-18(26)12-3-5-15-16(9-12)22-10-21-15/h2-5,8-10H,6-7H2,1H3,(H,21,22)(H,23,24,26). The molecule has 2 N–H and O–H groups in total. The number of amidine groups is 1. The number of aromatic nitrogens is 2. The van der Waals surface area contributed by atoms with Gasteiger partial charge in [0.05, 0.1) is 29.6 Å². The summed E-state index contributed by atoms with van der Waals surface area (Å²) in [4.78, 5) is 31.2. The van der Waals surface area contributed by atoms with Crippen molar-refractivity contribution >= 4 is 34.4 Å². The summed E-state index contributed by atoms with van der Waals surface area (Å²) in [6.07, 6.45) is 1.61. The van der Waals surface area contributed by atoms with Crippen molar-refractivity contribution in [3.05, 3.63) is 59.4 Å². The number of nitrogens with one attached hydrogen (secondary N) is 2. The summed E-state index contributed by atoms with van der Waals surface area (Å²) >= 11 is 0. The molecule has 0 saturated carbocycles. The lowest BCUT2D eigenvalue weighted by atomic mass is 10.1. The van der Waals surface area contributed by atoms with E-state index < -0.39 is 0 Å². The fourth-order valence-corrected chi connectivity index (χ4v) is 3.33. The van der Waals surface area contributed by atoms with Crippen LogP contribution in [-0.2, 0) is 0 Å². The van der Waals surface area contributed by atoms with Gasteiger partial charge in [-0.3, -0.25) is 20.0 Å². The molecule has 0 saturated heterocycles. The highest BCUT2D eigenvalue weighted by Gasteiger charge is 2.30. The lowest BCUT2D eigenvalue weighted by molar-refractivity contribution is 0.0974. The number of H-pyrrole nitrogens is 1. The van der Waals surface area contributed by atoms with Crippen molar-refractivity contribution in [3.63, 3.8) is 0 Å². The van der Waals surface area contributed by atoms with Gasteiger partial charge in [0.15, 0.2) is 0 Å². The number of nitrogens with zero attached hydrogens (tertiary/aromatic N) is 4. The van der Waals surface area contributed by atoms with E-state index >= 15 is 0 Å². The highest BCUT2D eigenvalue weighted by atomic mass is 16.1. The molecule has 2 aliphatic heterocycles. The quantitative estimate of drug-likeness (QED) is 0.710. The molecule has 7 heteroatoms. The predicted molar refractivity (Wildman–Crippen MR) is 99.9 cm³/mol. The molecule has 0 radical (unpaired) electrons. The smallest absolute Gasteiger partial charge is 0.258 e. The molecule has 2 aliphatic rings. The van der Waals surface area contributed by atoms with Crippen LogP contribution in [0.15, 0.2) is 52.7 Å². The Morgan fingerprint density at radius 3 is 3.08 bits per heavy atom. The van der Waals surface area contributed by atoms with Gasteiger partial charge in [0, 0.05) is 17.7 Å². The molecule has 3 heterocycles. The highest BCUT2D eigenvalue weighted by Crippen LogP contribution is 2.29. The number of imidazole rings is 1. The number of carbonyl (C=O) groups is 1. The van der Waals surface area contributed by atoms with Crippen molar-refractivity contribution in [2.24, 2.45) is 9.98 Å². The van der Waals surface area contributed by atoms with Gasteiger partial charge < -0.3 is 4.98 Å². The van der Waals surface area contributed by atoms with Crippen LogP contribution in [-0.4, -0.2) is 45.7 Å². The second-order valence-corrected chi connectivity index (χ2v) is 6.40. The lowest BCUT2D eigenvalue weighted by Crippen LogP contribution is -2.47. The Hall–Kier alpha value is -3.48. The summed E-state index contributed by atoms with van der Waals surface area (Å²) in [5.74, 6) is 1.18. The van der Waals surface area contributed by atoms with Crippen molar-refractivity contribution in [2.45, 2.75) is 6.92 Å². The molecule has 0 fully saturated rings. The van der Waals surface area contributed by atoms with Crippen LogP contribution in [0.4, 0.5) is 5.69 Å². The minimum Gasteiger partial charge on any atom is -0.345 e. The summed E-state index contributed by atoms with van der Waals surface area (Å²) in [6.45, 7) is 3.45. The van der Waals surface area contributed by atoms with Gasteiger partial charge >= 0.3 is 0 Å². The fraction of sp³-hybridized carbons (Fsp3) is 0.158. The van der Waals surface area contributed by atoms with Gasteiger partial charge in [-0.2, -0.15) is 0 Å². The molecule has 26 heavy (non-hydrogen) atoms. The number of aliphatic imine (C=N–C) groups is 2. The molecule has 2 aromatic carbocycles. The normalized spacial score (nSPS) is 15.3. The van der Waals surface area contributed by atoms with Crippen LogP contribution in [0.1, 0.15) is 21.5 Å². The third kappa shape index (κ3) is 2.28. The van der Waals surface area contributed by atoms with Gasteiger partial charge in [-0.25, -0.2) is 9.98 Å². The fourth-order valence-electron chi connectivity index (χ4n) is 3.33. The molecule has 0 aliphatic carbocycles. The van der Waals surface area contributed by atoms with E-state index in [-0.39, 0.29) is 5.91 Å². The lowest BCUT2D eigenvalue weighted by Gasteiger charge is -2.27. The number of fused-ring (bicyclic) bond motifs is 4. The number of guanidine groups is 1. The summed E-state index contributed by atoms with van der Waals surface area (Å²) in [5, 5.41) is 2.94. The van der Waals surface area contributed by atoms with E-state index in [1.54, 1.807) is 18.5 Å². The average Bonchev–Trinajstić information content (AvgIpc) is 3.31. The maximum atomic E-state index is 12.7. The van der Waals surface area contributed by atoms with Gasteiger partial charge in [-0.1, -0.05) is 11.6 Å². The number of hydrogen-bond acceptors (Lipinski definition) is 5. The molecule has 128 valence electrons. The molecule has 5 rings (SSSR count). The van der Waals surface area contributed by atoms with Crippen LogP contribution in [0, 0.1) is 6.92 Å². The maximum absolute atomic E-state index is 12.7. The van der Waals surface area contributed by atoms with Crippen molar-refractivity contribution < 1.29 is 4.79 Å². The summed E-state index contributed by atoms with van der Waals surface area (Å²) in [5.41, 5.74) is 5.19. The van der Waals surface area contributed by atoms with Crippen molar-refractivity contribution in [2.75, 3.05) is 13.1 Å². The molecule has 7 nitrogen and oxygen atoms in total. The summed E-state index contributed by atoms with van der Waals surface area (Å²) in [7, 11) is 0. The number of carbonyl (C=O) groups excluding carboxylic acids is 1. The van der Waals surface area contributed by atoms with Gasteiger partial charge in [0.2, 0.25) is 5.96 Å². The van der Waals surface area contributed by atoms with E-state index in [2.05, 4.69) is 31.3 Å². The van der Waals surface area contributed by atoms with E-state index in [4.69, 9.17) is 0 Å². The first-order valence-corrected chi connectivity index (χ1v) is 8.45. The van der Waals surface area contributed by atoms with Crippen LogP contribution in [0.3, 0.4) is 0 Å². The van der Waals surface area contributed by atoms with Crippen molar-refractivity contribution in [1.29, 1.82) is 0 Å². The number of hydrogen-bond donors (Lipinski definition) is 2. The zero-order chi connectivity index (χ0) is 17.7. The van der Waals surface area contributed by atoms with E-state index in [1.807, 2.05) is 30.0 Å². The first-order chi connectivity index (χ1) is 12.7. The molecule has 3 aromatic rings. The second kappa shape index (κ2) is 5.52. The van der Waals surface area contributed by atoms with E-state index in [0.29, 0.717) is 24.6 Å². The topological polar surface area (TPSA) is 85.7 Å². The van der Waals surface area contributed by atoms with E-state index in [9.17, 15) is 4.79 Å². The monoisotopic (exact) mass is 344 g/mol. The Bertz CT molecular complexity index is 1110. The molecule has 0 spiro atoms. The molecule has 0 unspecified atom stereocenters. The zero-order valence-corrected chi connectivity index (χ0v) is 14.2. The average molecular weight is 344 g/mol. The van der Waals surface area contributed by atoms with Crippen LogP contribution in [0.25, 0.3) is 11.0 Å². The number of benzene rings is 2. The highest BCUT2D eigenvalue weighted by molar-refractivity contribution is 6.19. The molecule has 0 bridgehead atoms. The van der Waals surface area contributed by atoms with E-state index in [1.165, 1.54) is 0 Å². The SMILES string of the molecule is Cc1ccc2c(c1)C1=NCCN1C(NC(=O)c1ccc3[nH]cnc3c1)=N2. The number of aromatic amines is 1. The van der Waals surface area contributed by atoms with Crippen LogP contribution in [0.2, 0.25) is 0 Å². The van der Waals surface area contributed by atoms with E-state index in [0.717, 1.165) is 33.7 Å². The van der Waals surface area contributed by atoms with Crippen LogP contribution in [0.5, 0.6) is 0 Å². The third-order valence-electron chi connectivity index (χ3n) is 4.62. The first kappa shape index (κ1) is 14.8. The molecular formula is C19H16N6O. The van der Waals surface area contributed by atoms with Gasteiger partial charge in [-0.05, 0) is 37.3 Å². The van der Waals surface area contributed by atoms with Crippen LogP contribution < -0.4 is 5.32 Å². The molecule has 0 atom stereocenters.